The second-order valence-electron chi connectivity index (χ2n) is 5.48. The molecule has 1 fully saturated rings. The van der Waals surface area contributed by atoms with Gasteiger partial charge >= 0.3 is 6.61 Å². The number of piperazine rings is 1. The minimum Gasteiger partial charge on any atom is -0.435 e. The molecule has 1 aliphatic rings. The van der Waals surface area contributed by atoms with Crippen molar-refractivity contribution in [1.82, 2.24) is 9.80 Å². The topological polar surface area (TPSA) is 32.8 Å². The van der Waals surface area contributed by atoms with E-state index in [4.69, 9.17) is 0 Å². The van der Waals surface area contributed by atoms with E-state index in [0.717, 1.165) is 0 Å². The van der Waals surface area contributed by atoms with Crippen LogP contribution < -0.4 is 4.74 Å². The predicted octanol–water partition coefficient (Wildman–Crippen LogP) is 2.45. The van der Waals surface area contributed by atoms with Crippen molar-refractivity contribution in [3.8, 4) is 5.75 Å². The third kappa shape index (κ3) is 3.69. The van der Waals surface area contributed by atoms with Gasteiger partial charge in [-0.05, 0) is 39.1 Å². The maximum Gasteiger partial charge on any atom is 0.387 e. The van der Waals surface area contributed by atoms with Crippen LogP contribution in [-0.4, -0.2) is 54.5 Å². The molecule has 1 amide bonds. The molecule has 1 aliphatic heterocycles. The van der Waals surface area contributed by atoms with E-state index in [1.807, 2.05) is 7.05 Å². The number of ether oxygens (including phenoxy) is 1. The first-order valence-electron chi connectivity index (χ1n) is 6.94. The van der Waals surface area contributed by atoms with Crippen molar-refractivity contribution in [2.24, 2.45) is 0 Å². The van der Waals surface area contributed by atoms with Crippen molar-refractivity contribution >= 4 is 5.91 Å². The molecule has 1 aromatic rings. The molecular weight excluding hydrogens is 278 g/mol. The van der Waals surface area contributed by atoms with Crippen molar-refractivity contribution in [3.05, 3.63) is 29.8 Å². The van der Waals surface area contributed by atoms with Gasteiger partial charge in [0.1, 0.15) is 5.75 Å². The van der Waals surface area contributed by atoms with E-state index in [-0.39, 0.29) is 23.7 Å². The lowest BCUT2D eigenvalue weighted by Gasteiger charge is -2.42. The van der Waals surface area contributed by atoms with Crippen LogP contribution in [-0.2, 0) is 0 Å². The normalized spacial score (nSPS) is 23.4. The van der Waals surface area contributed by atoms with Gasteiger partial charge in [0.2, 0.25) is 0 Å². The van der Waals surface area contributed by atoms with Crippen LogP contribution in [0.3, 0.4) is 0 Å². The van der Waals surface area contributed by atoms with Gasteiger partial charge in [0.15, 0.2) is 0 Å². The minimum absolute atomic E-state index is 0.00562. The van der Waals surface area contributed by atoms with Gasteiger partial charge in [-0.15, -0.1) is 0 Å². The Kier molecular flexibility index (Phi) is 4.77. The number of hydrogen-bond donors (Lipinski definition) is 0. The zero-order valence-electron chi connectivity index (χ0n) is 12.4. The largest absolute Gasteiger partial charge is 0.435 e. The van der Waals surface area contributed by atoms with Crippen molar-refractivity contribution in [2.45, 2.75) is 32.5 Å². The van der Waals surface area contributed by atoms with Gasteiger partial charge in [0.25, 0.3) is 5.91 Å². The molecule has 1 heterocycles. The van der Waals surface area contributed by atoms with Crippen LogP contribution in [0.15, 0.2) is 24.3 Å². The molecular formula is C15H20F2N2O2. The summed E-state index contributed by atoms with van der Waals surface area (Å²) in [6, 6.07) is 6.47. The lowest BCUT2D eigenvalue weighted by atomic mass is 10.1. The molecule has 1 aromatic carbocycles. The average molecular weight is 298 g/mol. The maximum absolute atomic E-state index is 12.5. The molecule has 0 unspecified atom stereocenters. The summed E-state index contributed by atoms with van der Waals surface area (Å²) in [7, 11) is 2.04. The van der Waals surface area contributed by atoms with Crippen molar-refractivity contribution in [3.63, 3.8) is 0 Å². The summed E-state index contributed by atoms with van der Waals surface area (Å²) in [4.78, 5) is 16.5. The molecule has 2 atom stereocenters. The third-order valence-corrected chi connectivity index (χ3v) is 3.95. The van der Waals surface area contributed by atoms with Crippen LogP contribution in [0.4, 0.5) is 8.78 Å². The fourth-order valence-electron chi connectivity index (χ4n) is 2.56. The van der Waals surface area contributed by atoms with Gasteiger partial charge in [-0.2, -0.15) is 8.78 Å². The average Bonchev–Trinajstić information content (AvgIpc) is 2.43. The zero-order valence-corrected chi connectivity index (χ0v) is 12.4. The molecule has 0 saturated carbocycles. The van der Waals surface area contributed by atoms with Gasteiger partial charge < -0.3 is 9.64 Å². The molecule has 0 bridgehead atoms. The van der Waals surface area contributed by atoms with Gasteiger partial charge in [0, 0.05) is 30.7 Å². The summed E-state index contributed by atoms with van der Waals surface area (Å²) < 4.78 is 28.8. The standard InChI is InChI=1S/C15H20F2N2O2/c1-10-8-19(9-11(2)18(10)3)14(20)12-5-4-6-13(7-12)21-15(16)17/h4-7,10-11,15H,8-9H2,1-3H3/t10-,11+. The lowest BCUT2D eigenvalue weighted by Crippen LogP contribution is -2.56. The van der Waals surface area contributed by atoms with Crippen LogP contribution in [0.1, 0.15) is 24.2 Å². The summed E-state index contributed by atoms with van der Waals surface area (Å²) >= 11 is 0. The smallest absolute Gasteiger partial charge is 0.387 e. The minimum atomic E-state index is -2.89. The predicted molar refractivity (Wildman–Crippen MR) is 75.7 cm³/mol. The number of benzene rings is 1. The number of carbonyl (C=O) groups excluding carboxylic acids is 1. The maximum atomic E-state index is 12.5. The van der Waals surface area contributed by atoms with E-state index in [0.29, 0.717) is 18.7 Å². The SMILES string of the molecule is C[C@@H]1CN(C(=O)c2cccc(OC(F)F)c2)C[C@H](C)N1C. The first-order valence-corrected chi connectivity index (χ1v) is 6.94. The monoisotopic (exact) mass is 298 g/mol. The van der Waals surface area contributed by atoms with Crippen molar-refractivity contribution < 1.29 is 18.3 Å². The summed E-state index contributed by atoms with van der Waals surface area (Å²) in [6.07, 6.45) is 0. The zero-order chi connectivity index (χ0) is 15.6. The van der Waals surface area contributed by atoms with Crippen LogP contribution >= 0.6 is 0 Å². The van der Waals surface area contributed by atoms with Gasteiger partial charge in [-0.1, -0.05) is 6.07 Å². The molecule has 1 saturated heterocycles. The molecule has 0 aromatic heterocycles. The number of hydrogen-bond acceptors (Lipinski definition) is 3. The highest BCUT2D eigenvalue weighted by Crippen LogP contribution is 2.20. The van der Waals surface area contributed by atoms with E-state index in [9.17, 15) is 13.6 Å². The fraction of sp³-hybridized carbons (Fsp3) is 0.533. The summed E-state index contributed by atoms with van der Waals surface area (Å²) in [6.45, 7) is 2.48. The molecule has 116 valence electrons. The molecule has 4 nitrogen and oxygen atoms in total. The number of likely N-dealkylation sites (N-methyl/N-ethyl adjacent to an activating group) is 1. The third-order valence-electron chi connectivity index (χ3n) is 3.95. The Morgan fingerprint density at radius 2 is 1.90 bits per heavy atom. The van der Waals surface area contributed by atoms with Gasteiger partial charge in [-0.3, -0.25) is 9.69 Å². The highest BCUT2D eigenvalue weighted by molar-refractivity contribution is 5.94. The molecule has 21 heavy (non-hydrogen) atoms. The van der Waals surface area contributed by atoms with E-state index < -0.39 is 6.61 Å². The number of rotatable bonds is 3. The Bertz CT molecular complexity index is 498. The number of carbonyl (C=O) groups is 1. The van der Waals surface area contributed by atoms with E-state index in [1.165, 1.54) is 12.1 Å². The second kappa shape index (κ2) is 6.39. The van der Waals surface area contributed by atoms with Crippen LogP contribution in [0, 0.1) is 0 Å². The Morgan fingerprint density at radius 3 is 2.48 bits per heavy atom. The fourth-order valence-corrected chi connectivity index (χ4v) is 2.56. The molecule has 6 heteroatoms. The first-order chi connectivity index (χ1) is 9.88. The number of nitrogens with zero attached hydrogens (tertiary/aromatic N) is 2. The Labute approximate surface area is 123 Å². The lowest BCUT2D eigenvalue weighted by molar-refractivity contribution is -0.0499. The van der Waals surface area contributed by atoms with E-state index in [1.54, 1.807) is 17.0 Å². The first kappa shape index (κ1) is 15.7. The van der Waals surface area contributed by atoms with Crippen molar-refractivity contribution in [2.75, 3.05) is 20.1 Å². The van der Waals surface area contributed by atoms with E-state index >= 15 is 0 Å². The Hall–Kier alpha value is -1.69. The number of amides is 1. The highest BCUT2D eigenvalue weighted by atomic mass is 19.3. The summed E-state index contributed by atoms with van der Waals surface area (Å²) in [5, 5.41) is 0. The van der Waals surface area contributed by atoms with Crippen molar-refractivity contribution in [1.29, 1.82) is 0 Å². The summed E-state index contributed by atoms with van der Waals surface area (Å²) in [5.41, 5.74) is 0.372. The second-order valence-corrected chi connectivity index (χ2v) is 5.48. The molecule has 0 aliphatic carbocycles. The Balaban J connectivity index is 2.13. The Morgan fingerprint density at radius 1 is 1.29 bits per heavy atom. The van der Waals surface area contributed by atoms with Crippen LogP contribution in [0.25, 0.3) is 0 Å². The number of halogens is 2. The van der Waals surface area contributed by atoms with Crippen LogP contribution in [0.2, 0.25) is 0 Å². The van der Waals surface area contributed by atoms with E-state index in [2.05, 4.69) is 23.5 Å². The molecule has 0 radical (unpaired) electrons. The quantitative estimate of drug-likeness (QED) is 0.859. The van der Waals surface area contributed by atoms with Crippen LogP contribution in [0.5, 0.6) is 5.75 Å². The van der Waals surface area contributed by atoms with Gasteiger partial charge in [-0.25, -0.2) is 0 Å². The molecule has 0 spiro atoms. The highest BCUT2D eigenvalue weighted by Gasteiger charge is 2.29. The molecule has 0 N–H and O–H groups in total. The molecule has 2 rings (SSSR count). The summed E-state index contributed by atoms with van der Waals surface area (Å²) in [5.74, 6) is -0.146. The van der Waals surface area contributed by atoms with Gasteiger partial charge in [0.05, 0.1) is 0 Å². The number of alkyl halides is 2.